The third kappa shape index (κ3) is 3.33. The molecule has 0 bridgehead atoms. The van der Waals surface area contributed by atoms with Crippen LogP contribution in [0.4, 0.5) is 5.69 Å². The summed E-state index contributed by atoms with van der Waals surface area (Å²) in [6.45, 7) is -0.304. The number of halogens is 1. The monoisotopic (exact) mass is 295 g/mol. The predicted molar refractivity (Wildman–Crippen MR) is 74.8 cm³/mol. The van der Waals surface area contributed by atoms with Gasteiger partial charge in [-0.1, -0.05) is 17.7 Å². The van der Waals surface area contributed by atoms with E-state index >= 15 is 0 Å². The number of Topliss-reactive ketones (excluding diaryl/α,β-unsaturated/α-hetero) is 1. The normalized spacial score (nSPS) is 10.2. The minimum absolute atomic E-state index is 0.198. The summed E-state index contributed by atoms with van der Waals surface area (Å²) in [5.74, 6) is -0.880. The molecule has 0 saturated heterocycles. The van der Waals surface area contributed by atoms with Gasteiger partial charge in [-0.2, -0.15) is 0 Å². The molecule has 2 N–H and O–H groups in total. The molecule has 0 spiro atoms. The van der Waals surface area contributed by atoms with Crippen molar-refractivity contribution in [2.24, 2.45) is 0 Å². The highest BCUT2D eigenvalue weighted by Crippen LogP contribution is 2.19. The van der Waals surface area contributed by atoms with E-state index in [2.05, 4.69) is 0 Å². The summed E-state index contributed by atoms with van der Waals surface area (Å²) in [4.78, 5) is 24.0. The summed E-state index contributed by atoms with van der Waals surface area (Å²) in [7, 11) is 0. The molecule has 4 nitrogen and oxygen atoms in total. The van der Waals surface area contributed by atoms with Crippen molar-refractivity contribution in [1.82, 2.24) is 0 Å². The Morgan fingerprint density at radius 1 is 1.32 bits per heavy atom. The van der Waals surface area contributed by atoms with E-state index in [1.807, 2.05) is 0 Å². The van der Waals surface area contributed by atoms with E-state index in [-0.39, 0.29) is 23.6 Å². The molecule has 2 aromatic rings. The molecule has 0 fully saturated rings. The van der Waals surface area contributed by atoms with Crippen LogP contribution in [0.25, 0.3) is 0 Å². The fourth-order valence-electron chi connectivity index (χ4n) is 1.44. The van der Waals surface area contributed by atoms with E-state index in [1.165, 1.54) is 29.5 Å². The van der Waals surface area contributed by atoms with Crippen LogP contribution in [0.2, 0.25) is 5.02 Å². The van der Waals surface area contributed by atoms with Gasteiger partial charge in [-0.25, -0.2) is 4.79 Å². The number of hydrogen-bond donors (Lipinski definition) is 1. The molecule has 98 valence electrons. The van der Waals surface area contributed by atoms with Crippen LogP contribution in [-0.4, -0.2) is 18.4 Å². The highest BCUT2D eigenvalue weighted by molar-refractivity contribution is 7.12. The fraction of sp³-hybridized carbons (Fsp3) is 0.0769. The fourth-order valence-corrected chi connectivity index (χ4v) is 2.27. The third-order valence-electron chi connectivity index (χ3n) is 2.36. The smallest absolute Gasteiger partial charge is 0.340 e. The van der Waals surface area contributed by atoms with Gasteiger partial charge in [-0.15, -0.1) is 11.3 Å². The van der Waals surface area contributed by atoms with Crippen LogP contribution in [0, 0.1) is 0 Å². The Morgan fingerprint density at radius 3 is 2.74 bits per heavy atom. The van der Waals surface area contributed by atoms with E-state index in [1.54, 1.807) is 17.5 Å². The number of ether oxygens (including phenoxy) is 1. The molecule has 6 heteroatoms. The topological polar surface area (TPSA) is 69.4 Å². The van der Waals surface area contributed by atoms with Gasteiger partial charge in [0.05, 0.1) is 10.4 Å². The Hall–Kier alpha value is -1.85. The van der Waals surface area contributed by atoms with Crippen LogP contribution in [-0.2, 0) is 4.74 Å². The van der Waals surface area contributed by atoms with Crippen molar-refractivity contribution in [3.63, 3.8) is 0 Å². The zero-order chi connectivity index (χ0) is 13.8. The van der Waals surface area contributed by atoms with E-state index in [9.17, 15) is 9.59 Å². The lowest BCUT2D eigenvalue weighted by Crippen LogP contribution is -2.14. The Kier molecular flexibility index (Phi) is 4.19. The second-order valence-corrected chi connectivity index (χ2v) is 5.09. The minimum atomic E-state index is -0.640. The van der Waals surface area contributed by atoms with Crippen LogP contribution in [0.15, 0.2) is 35.7 Å². The molecular formula is C13H10ClNO3S. The summed E-state index contributed by atoms with van der Waals surface area (Å²) >= 11 is 7.03. The number of nitrogens with two attached hydrogens (primary N) is 1. The SMILES string of the molecule is Nc1cc(Cl)ccc1C(=O)OCC(=O)c1cccs1. The number of hydrogen-bond acceptors (Lipinski definition) is 5. The Morgan fingerprint density at radius 2 is 2.11 bits per heavy atom. The quantitative estimate of drug-likeness (QED) is 0.535. The van der Waals surface area contributed by atoms with Crippen LogP contribution in [0.1, 0.15) is 20.0 Å². The number of thiophene rings is 1. The number of benzene rings is 1. The average Bonchev–Trinajstić information content (AvgIpc) is 2.89. The largest absolute Gasteiger partial charge is 0.454 e. The van der Waals surface area contributed by atoms with Gasteiger partial charge in [-0.3, -0.25) is 4.79 Å². The number of carbonyl (C=O) groups is 2. The lowest BCUT2D eigenvalue weighted by atomic mass is 10.2. The predicted octanol–water partition coefficient (Wildman–Crippen LogP) is 3.02. The van der Waals surface area contributed by atoms with E-state index in [4.69, 9.17) is 22.1 Å². The van der Waals surface area contributed by atoms with E-state index in [0.717, 1.165) is 0 Å². The molecular weight excluding hydrogens is 286 g/mol. The summed E-state index contributed by atoms with van der Waals surface area (Å²) in [5.41, 5.74) is 6.08. The number of anilines is 1. The first-order valence-corrected chi connectivity index (χ1v) is 6.62. The zero-order valence-electron chi connectivity index (χ0n) is 9.76. The molecule has 1 aromatic carbocycles. The highest BCUT2D eigenvalue weighted by Gasteiger charge is 2.14. The van der Waals surface area contributed by atoms with Gasteiger partial charge in [0, 0.05) is 10.7 Å². The molecule has 0 radical (unpaired) electrons. The maximum absolute atomic E-state index is 11.8. The van der Waals surface area contributed by atoms with Gasteiger partial charge < -0.3 is 10.5 Å². The van der Waals surface area contributed by atoms with Gasteiger partial charge in [0.2, 0.25) is 5.78 Å². The molecule has 2 rings (SSSR count). The second-order valence-electron chi connectivity index (χ2n) is 3.71. The standard InChI is InChI=1S/C13H10ClNO3S/c14-8-3-4-9(10(15)6-8)13(17)18-7-11(16)12-2-1-5-19-12/h1-6H,7,15H2. The Labute approximate surface area is 118 Å². The van der Waals surface area contributed by atoms with Crippen molar-refractivity contribution in [1.29, 1.82) is 0 Å². The number of nitrogen functional groups attached to an aromatic ring is 1. The summed E-state index contributed by atoms with van der Waals surface area (Å²) < 4.78 is 4.93. The molecule has 0 aliphatic carbocycles. The Bertz CT molecular complexity index is 610. The van der Waals surface area contributed by atoms with E-state index < -0.39 is 5.97 Å². The third-order valence-corrected chi connectivity index (χ3v) is 3.51. The molecule has 0 atom stereocenters. The summed E-state index contributed by atoms with van der Waals surface area (Å²) in [5, 5.41) is 2.22. The molecule has 1 heterocycles. The first-order chi connectivity index (χ1) is 9.08. The van der Waals surface area contributed by atoms with Crippen molar-refractivity contribution in [2.45, 2.75) is 0 Å². The number of rotatable bonds is 4. The van der Waals surface area contributed by atoms with Crippen LogP contribution >= 0.6 is 22.9 Å². The van der Waals surface area contributed by atoms with Crippen molar-refractivity contribution in [2.75, 3.05) is 12.3 Å². The minimum Gasteiger partial charge on any atom is -0.454 e. The van der Waals surface area contributed by atoms with Crippen LogP contribution in [0.3, 0.4) is 0 Å². The number of esters is 1. The molecule has 0 saturated carbocycles. The number of carbonyl (C=O) groups excluding carboxylic acids is 2. The van der Waals surface area contributed by atoms with Crippen LogP contribution < -0.4 is 5.73 Å². The second kappa shape index (κ2) is 5.86. The molecule has 19 heavy (non-hydrogen) atoms. The van der Waals surface area contributed by atoms with Crippen molar-refractivity contribution in [3.05, 3.63) is 51.2 Å². The molecule has 0 unspecified atom stereocenters. The maximum Gasteiger partial charge on any atom is 0.340 e. The van der Waals surface area contributed by atoms with E-state index in [0.29, 0.717) is 9.90 Å². The Balaban J connectivity index is 2.00. The van der Waals surface area contributed by atoms with Gasteiger partial charge in [0.25, 0.3) is 0 Å². The molecule has 1 aromatic heterocycles. The zero-order valence-corrected chi connectivity index (χ0v) is 11.3. The highest BCUT2D eigenvalue weighted by atomic mass is 35.5. The van der Waals surface area contributed by atoms with Crippen LogP contribution in [0.5, 0.6) is 0 Å². The molecule has 0 amide bonds. The van der Waals surface area contributed by atoms with Gasteiger partial charge in [0.15, 0.2) is 6.61 Å². The summed E-state index contributed by atoms with van der Waals surface area (Å²) in [6.07, 6.45) is 0. The molecule has 0 aliphatic rings. The van der Waals surface area contributed by atoms with Crippen molar-refractivity contribution < 1.29 is 14.3 Å². The van der Waals surface area contributed by atoms with Crippen molar-refractivity contribution in [3.8, 4) is 0 Å². The molecule has 0 aliphatic heterocycles. The number of ketones is 1. The maximum atomic E-state index is 11.8. The summed E-state index contributed by atoms with van der Waals surface area (Å²) in [6, 6.07) is 7.90. The first-order valence-electron chi connectivity index (χ1n) is 5.37. The average molecular weight is 296 g/mol. The van der Waals surface area contributed by atoms with Gasteiger partial charge in [0.1, 0.15) is 0 Å². The lowest BCUT2D eigenvalue weighted by Gasteiger charge is -2.06. The lowest BCUT2D eigenvalue weighted by molar-refractivity contribution is 0.0477. The van der Waals surface area contributed by atoms with Gasteiger partial charge >= 0.3 is 5.97 Å². The van der Waals surface area contributed by atoms with Crippen molar-refractivity contribution >= 4 is 40.4 Å². The van der Waals surface area contributed by atoms with Gasteiger partial charge in [-0.05, 0) is 29.6 Å². The first kappa shape index (κ1) is 13.6.